The molecule has 2 aliphatic heterocycles. The van der Waals surface area contributed by atoms with E-state index in [0.717, 1.165) is 49.2 Å². The second-order valence-corrected chi connectivity index (χ2v) is 6.29. The Bertz CT molecular complexity index is 507. The Morgan fingerprint density at radius 1 is 1.22 bits per heavy atom. The van der Waals surface area contributed by atoms with Gasteiger partial charge >= 0.3 is 0 Å². The summed E-state index contributed by atoms with van der Waals surface area (Å²) >= 11 is 1.79. The number of hydrogen-bond donors (Lipinski definition) is 1. The lowest BCUT2D eigenvalue weighted by Crippen LogP contribution is -2.53. The van der Waals surface area contributed by atoms with Crippen LogP contribution in [0.25, 0.3) is 0 Å². The molecule has 2 fully saturated rings. The van der Waals surface area contributed by atoms with E-state index in [4.69, 9.17) is 4.74 Å². The maximum atomic E-state index is 12.4. The van der Waals surface area contributed by atoms with Crippen molar-refractivity contribution < 1.29 is 9.53 Å². The lowest BCUT2D eigenvalue weighted by Gasteiger charge is -2.37. The van der Waals surface area contributed by atoms with Crippen LogP contribution in [0.15, 0.2) is 24.3 Å². The number of nitrogens with zero attached hydrogens (tertiary/aromatic N) is 2. The third kappa shape index (κ3) is 4.59. The first-order chi connectivity index (χ1) is 10.3. The van der Waals surface area contributed by atoms with E-state index in [-0.39, 0.29) is 36.8 Å². The minimum atomic E-state index is 0. The molecule has 0 aliphatic carbocycles. The molecule has 2 aliphatic rings. The average molecular weight is 380 g/mol. The maximum Gasteiger partial charge on any atom is 0.240 e. The minimum Gasteiger partial charge on any atom is -0.495 e. The van der Waals surface area contributed by atoms with Gasteiger partial charge in [-0.3, -0.25) is 10.1 Å². The van der Waals surface area contributed by atoms with Crippen LogP contribution >= 0.6 is 36.6 Å². The van der Waals surface area contributed by atoms with Gasteiger partial charge in [0.05, 0.1) is 18.8 Å². The summed E-state index contributed by atoms with van der Waals surface area (Å²) in [4.78, 5) is 16.6. The molecule has 0 saturated carbocycles. The van der Waals surface area contributed by atoms with Gasteiger partial charge in [-0.15, -0.1) is 36.6 Å². The molecule has 0 radical (unpaired) electrons. The number of ether oxygens (including phenoxy) is 1. The standard InChI is InChI=1S/C15H21N3O2S.2ClH/c1-20-14-5-3-2-4-13(14)17-6-8-18(9-7-17)15(19)12-10-21-11-16-12;;/h2-5,12,16H,6-11H2,1H3;2*1H. The molecule has 23 heavy (non-hydrogen) atoms. The van der Waals surface area contributed by atoms with Crippen LogP contribution in [0.2, 0.25) is 0 Å². The van der Waals surface area contributed by atoms with Gasteiger partial charge in [0.2, 0.25) is 5.91 Å². The maximum absolute atomic E-state index is 12.4. The van der Waals surface area contributed by atoms with Crippen LogP contribution < -0.4 is 15.0 Å². The fourth-order valence-corrected chi connectivity index (χ4v) is 3.77. The predicted octanol–water partition coefficient (Wildman–Crippen LogP) is 1.85. The zero-order valence-corrected chi connectivity index (χ0v) is 15.5. The number of carbonyl (C=O) groups is 1. The Balaban J connectivity index is 0.00000132. The van der Waals surface area contributed by atoms with Crippen molar-refractivity contribution in [3.05, 3.63) is 24.3 Å². The Morgan fingerprint density at radius 3 is 2.52 bits per heavy atom. The van der Waals surface area contributed by atoms with Crippen molar-refractivity contribution in [3.8, 4) is 5.75 Å². The molecule has 8 heteroatoms. The predicted molar refractivity (Wildman–Crippen MR) is 101 cm³/mol. The summed E-state index contributed by atoms with van der Waals surface area (Å²) in [6.45, 7) is 3.26. The van der Waals surface area contributed by atoms with Gasteiger partial charge in [0.1, 0.15) is 5.75 Å². The van der Waals surface area contributed by atoms with Crippen LogP contribution in [0.4, 0.5) is 5.69 Å². The highest BCUT2D eigenvalue weighted by Gasteiger charge is 2.29. The second kappa shape index (κ2) is 9.47. The third-order valence-electron chi connectivity index (χ3n) is 4.03. The largest absolute Gasteiger partial charge is 0.495 e. The van der Waals surface area contributed by atoms with Gasteiger partial charge in [-0.05, 0) is 12.1 Å². The molecule has 130 valence electrons. The summed E-state index contributed by atoms with van der Waals surface area (Å²) < 4.78 is 5.42. The lowest BCUT2D eigenvalue weighted by atomic mass is 10.2. The van der Waals surface area contributed by atoms with Crippen molar-refractivity contribution in [1.29, 1.82) is 0 Å². The van der Waals surface area contributed by atoms with E-state index >= 15 is 0 Å². The Hall–Kier alpha value is -0.820. The molecular formula is C15H23Cl2N3O2S. The molecule has 1 aromatic rings. The number of methoxy groups -OCH3 is 1. The Labute approximate surface area is 153 Å². The molecule has 5 nitrogen and oxygen atoms in total. The van der Waals surface area contributed by atoms with E-state index in [9.17, 15) is 4.79 Å². The summed E-state index contributed by atoms with van der Waals surface area (Å²) in [6, 6.07) is 8.06. The zero-order chi connectivity index (χ0) is 14.7. The van der Waals surface area contributed by atoms with E-state index < -0.39 is 0 Å². The number of halogens is 2. The fourth-order valence-electron chi connectivity index (χ4n) is 2.83. The molecule has 1 N–H and O–H groups in total. The molecule has 2 heterocycles. The number of amides is 1. The summed E-state index contributed by atoms with van der Waals surface area (Å²) in [7, 11) is 1.70. The van der Waals surface area contributed by atoms with E-state index in [0.29, 0.717) is 0 Å². The van der Waals surface area contributed by atoms with Crippen LogP contribution in [-0.2, 0) is 4.79 Å². The monoisotopic (exact) mass is 379 g/mol. The van der Waals surface area contributed by atoms with Crippen molar-refractivity contribution in [2.75, 3.05) is 49.8 Å². The molecule has 0 aromatic heterocycles. The van der Waals surface area contributed by atoms with Crippen LogP contribution in [0.1, 0.15) is 0 Å². The van der Waals surface area contributed by atoms with Crippen molar-refractivity contribution in [3.63, 3.8) is 0 Å². The highest BCUT2D eigenvalue weighted by molar-refractivity contribution is 7.99. The topological polar surface area (TPSA) is 44.8 Å². The van der Waals surface area contributed by atoms with Crippen molar-refractivity contribution >= 4 is 48.2 Å². The molecule has 0 bridgehead atoms. The van der Waals surface area contributed by atoms with Crippen LogP contribution in [0, 0.1) is 0 Å². The van der Waals surface area contributed by atoms with Crippen LogP contribution in [-0.4, -0.2) is 61.8 Å². The summed E-state index contributed by atoms with van der Waals surface area (Å²) in [6.07, 6.45) is 0. The molecule has 1 atom stereocenters. The van der Waals surface area contributed by atoms with Gasteiger partial charge in [-0.1, -0.05) is 12.1 Å². The molecule has 1 aromatic carbocycles. The number of para-hydroxylation sites is 2. The molecular weight excluding hydrogens is 357 g/mol. The minimum absolute atomic E-state index is 0. The Morgan fingerprint density at radius 2 is 1.91 bits per heavy atom. The Kier molecular flexibility index (Phi) is 8.33. The number of benzene rings is 1. The smallest absolute Gasteiger partial charge is 0.240 e. The van der Waals surface area contributed by atoms with Crippen molar-refractivity contribution in [2.24, 2.45) is 0 Å². The first-order valence-electron chi connectivity index (χ1n) is 7.27. The summed E-state index contributed by atoms with van der Waals surface area (Å²) in [5.41, 5.74) is 1.11. The first kappa shape index (κ1) is 20.2. The van der Waals surface area contributed by atoms with Gasteiger partial charge < -0.3 is 14.5 Å². The SMILES string of the molecule is COc1ccccc1N1CCN(C(=O)C2CSCN2)CC1.Cl.Cl. The molecule has 3 rings (SSSR count). The highest BCUT2D eigenvalue weighted by Crippen LogP contribution is 2.28. The number of rotatable bonds is 3. The number of carbonyl (C=O) groups excluding carboxylic acids is 1. The van der Waals surface area contributed by atoms with Crippen molar-refractivity contribution in [1.82, 2.24) is 10.2 Å². The number of hydrogen-bond acceptors (Lipinski definition) is 5. The number of thioether (sulfide) groups is 1. The number of piperazine rings is 1. The van der Waals surface area contributed by atoms with E-state index in [1.807, 2.05) is 23.1 Å². The zero-order valence-electron chi connectivity index (χ0n) is 13.1. The number of anilines is 1. The van der Waals surface area contributed by atoms with Crippen LogP contribution in [0.5, 0.6) is 5.75 Å². The van der Waals surface area contributed by atoms with E-state index in [1.165, 1.54) is 0 Å². The van der Waals surface area contributed by atoms with Gasteiger partial charge in [-0.25, -0.2) is 0 Å². The fraction of sp³-hybridized carbons (Fsp3) is 0.533. The van der Waals surface area contributed by atoms with Gasteiger partial charge in [0.15, 0.2) is 0 Å². The quantitative estimate of drug-likeness (QED) is 0.867. The molecule has 0 spiro atoms. The van der Waals surface area contributed by atoms with Gasteiger partial charge in [-0.2, -0.15) is 0 Å². The van der Waals surface area contributed by atoms with Crippen molar-refractivity contribution in [2.45, 2.75) is 6.04 Å². The summed E-state index contributed by atoms with van der Waals surface area (Å²) in [5.74, 6) is 2.93. The second-order valence-electron chi connectivity index (χ2n) is 5.26. The first-order valence-corrected chi connectivity index (χ1v) is 8.43. The van der Waals surface area contributed by atoms with Crippen LogP contribution in [0.3, 0.4) is 0 Å². The highest BCUT2D eigenvalue weighted by atomic mass is 35.5. The average Bonchev–Trinajstić information content (AvgIpc) is 3.09. The third-order valence-corrected chi connectivity index (χ3v) is 4.97. The van der Waals surface area contributed by atoms with E-state index in [2.05, 4.69) is 16.3 Å². The molecule has 1 unspecified atom stereocenters. The normalized spacial score (nSPS) is 20.5. The van der Waals surface area contributed by atoms with Gasteiger partial charge in [0, 0.05) is 37.8 Å². The number of nitrogens with one attached hydrogen (secondary N) is 1. The lowest BCUT2D eigenvalue weighted by molar-refractivity contribution is -0.132. The van der Waals surface area contributed by atoms with E-state index in [1.54, 1.807) is 18.9 Å². The molecule has 1 amide bonds. The summed E-state index contributed by atoms with van der Waals surface area (Å²) in [5, 5.41) is 3.25. The van der Waals surface area contributed by atoms with Gasteiger partial charge in [0.25, 0.3) is 0 Å². The molecule has 2 saturated heterocycles.